The molecule has 35 heavy (non-hydrogen) atoms. The van der Waals surface area contributed by atoms with E-state index in [1.165, 1.54) is 30.6 Å². The topological polar surface area (TPSA) is 121 Å². The first-order valence-corrected chi connectivity index (χ1v) is 12.9. The lowest BCUT2D eigenvalue weighted by atomic mass is 10.0. The number of para-hydroxylation sites is 1. The molecule has 10 heteroatoms. The number of hydrogen-bond donors (Lipinski definition) is 2. The monoisotopic (exact) mass is 506 g/mol. The van der Waals surface area contributed by atoms with Gasteiger partial charge in [-0.05, 0) is 54.4 Å². The predicted octanol–water partition coefficient (Wildman–Crippen LogP) is 4.02. The van der Waals surface area contributed by atoms with Crippen molar-refractivity contribution in [2.75, 3.05) is 19.0 Å². The van der Waals surface area contributed by atoms with E-state index in [1.807, 2.05) is 30.3 Å². The molecule has 0 spiro atoms. The normalized spacial score (nSPS) is 12.2. The molecule has 178 valence electrons. The molecule has 4 rings (SSSR count). The fourth-order valence-corrected chi connectivity index (χ4v) is 5.89. The maximum Gasteiger partial charge on any atom is 0.250 e. The van der Waals surface area contributed by atoms with Crippen LogP contribution in [-0.4, -0.2) is 33.0 Å². The SMILES string of the molecule is COCC(=O)Nc1cccc(S(=O)(=O)NC(Cc2cccc(C#N)c2)c2nc3ccccc3s2)c1. The zero-order chi connectivity index (χ0) is 24.8. The summed E-state index contributed by atoms with van der Waals surface area (Å²) in [6, 6.07) is 22.1. The van der Waals surface area contributed by atoms with Crippen molar-refractivity contribution in [3.8, 4) is 6.07 Å². The number of hydrogen-bond acceptors (Lipinski definition) is 7. The predicted molar refractivity (Wildman–Crippen MR) is 134 cm³/mol. The van der Waals surface area contributed by atoms with Crippen LogP contribution in [0.3, 0.4) is 0 Å². The van der Waals surface area contributed by atoms with Crippen LogP contribution in [0.1, 0.15) is 22.2 Å². The second-order valence-electron chi connectivity index (χ2n) is 7.72. The van der Waals surface area contributed by atoms with Crippen molar-refractivity contribution in [3.63, 3.8) is 0 Å². The van der Waals surface area contributed by atoms with Crippen LogP contribution in [0.15, 0.2) is 77.7 Å². The number of fused-ring (bicyclic) bond motifs is 1. The molecule has 4 aromatic rings. The molecule has 0 fully saturated rings. The number of methoxy groups -OCH3 is 1. The van der Waals surface area contributed by atoms with Crippen molar-refractivity contribution in [2.45, 2.75) is 17.4 Å². The van der Waals surface area contributed by atoms with Crippen molar-refractivity contribution >= 4 is 43.2 Å². The van der Waals surface area contributed by atoms with Gasteiger partial charge in [-0.2, -0.15) is 5.26 Å². The largest absolute Gasteiger partial charge is 0.375 e. The lowest BCUT2D eigenvalue weighted by molar-refractivity contribution is -0.119. The van der Waals surface area contributed by atoms with Gasteiger partial charge in [0.2, 0.25) is 15.9 Å². The van der Waals surface area contributed by atoms with E-state index in [9.17, 15) is 18.5 Å². The first kappa shape index (κ1) is 24.5. The van der Waals surface area contributed by atoms with Crippen LogP contribution in [0.4, 0.5) is 5.69 Å². The maximum absolute atomic E-state index is 13.4. The van der Waals surface area contributed by atoms with Crippen molar-refractivity contribution < 1.29 is 17.9 Å². The highest BCUT2D eigenvalue weighted by molar-refractivity contribution is 7.89. The molecule has 1 aromatic heterocycles. The summed E-state index contributed by atoms with van der Waals surface area (Å²) in [5.74, 6) is -0.389. The van der Waals surface area contributed by atoms with Gasteiger partial charge in [-0.15, -0.1) is 11.3 Å². The summed E-state index contributed by atoms with van der Waals surface area (Å²) in [6.07, 6.45) is 0.304. The highest BCUT2D eigenvalue weighted by Crippen LogP contribution is 2.30. The minimum atomic E-state index is -3.98. The van der Waals surface area contributed by atoms with Gasteiger partial charge in [0.05, 0.1) is 32.8 Å². The fourth-order valence-electron chi connectivity index (χ4n) is 3.55. The minimum Gasteiger partial charge on any atom is -0.375 e. The maximum atomic E-state index is 13.4. The first-order chi connectivity index (χ1) is 16.9. The van der Waals surface area contributed by atoms with E-state index in [4.69, 9.17) is 4.74 Å². The summed E-state index contributed by atoms with van der Waals surface area (Å²) in [7, 11) is -2.58. The Balaban J connectivity index is 1.67. The van der Waals surface area contributed by atoms with Crippen LogP contribution in [0, 0.1) is 11.3 Å². The van der Waals surface area contributed by atoms with Gasteiger partial charge in [-0.25, -0.2) is 18.1 Å². The molecule has 2 N–H and O–H groups in total. The molecule has 0 saturated carbocycles. The number of rotatable bonds is 9. The number of carbonyl (C=O) groups is 1. The van der Waals surface area contributed by atoms with Crippen LogP contribution in [0.25, 0.3) is 10.2 Å². The molecule has 1 amide bonds. The van der Waals surface area contributed by atoms with Gasteiger partial charge < -0.3 is 10.1 Å². The standard InChI is InChI=1S/C25H22N4O4S2/c1-33-16-24(30)27-19-8-5-9-20(14-19)35(31,32)29-22(13-17-6-4-7-18(12-17)15-26)25-28-21-10-2-3-11-23(21)34-25/h2-12,14,22,29H,13,16H2,1H3,(H,27,30). The van der Waals surface area contributed by atoms with Crippen LogP contribution in [0.5, 0.6) is 0 Å². The molecule has 0 saturated heterocycles. The molecular formula is C25H22N4O4S2. The molecule has 1 unspecified atom stereocenters. The van der Waals surface area contributed by atoms with Crippen molar-refractivity contribution in [1.29, 1.82) is 5.26 Å². The Morgan fingerprint density at radius 2 is 1.91 bits per heavy atom. The molecule has 0 aliphatic rings. The molecule has 8 nitrogen and oxygen atoms in total. The lowest BCUT2D eigenvalue weighted by Crippen LogP contribution is -2.30. The van der Waals surface area contributed by atoms with Gasteiger partial charge in [-0.1, -0.05) is 30.3 Å². The Morgan fingerprint density at radius 1 is 1.11 bits per heavy atom. The second-order valence-corrected chi connectivity index (χ2v) is 10.5. The molecule has 3 aromatic carbocycles. The third-order valence-electron chi connectivity index (χ3n) is 5.11. The number of nitriles is 1. The second kappa shape index (κ2) is 10.8. The Kier molecular flexibility index (Phi) is 7.53. The van der Waals surface area contributed by atoms with Crippen LogP contribution in [-0.2, 0) is 26.0 Å². The lowest BCUT2D eigenvalue weighted by Gasteiger charge is -2.17. The molecule has 0 aliphatic carbocycles. The summed E-state index contributed by atoms with van der Waals surface area (Å²) in [5, 5.41) is 12.5. The van der Waals surface area contributed by atoms with Crippen molar-refractivity contribution in [3.05, 3.63) is 88.9 Å². The van der Waals surface area contributed by atoms with E-state index in [0.29, 0.717) is 22.7 Å². The summed E-state index contributed by atoms with van der Waals surface area (Å²) in [6.45, 7) is -0.142. The molecule has 1 atom stereocenters. The Bertz CT molecular complexity index is 1480. The number of benzene rings is 3. The quantitative estimate of drug-likeness (QED) is 0.354. The highest BCUT2D eigenvalue weighted by Gasteiger charge is 2.25. The van der Waals surface area contributed by atoms with Gasteiger partial charge in [0, 0.05) is 12.8 Å². The molecule has 0 bridgehead atoms. The molecule has 1 heterocycles. The van der Waals surface area contributed by atoms with E-state index in [2.05, 4.69) is 21.1 Å². The third-order valence-corrected chi connectivity index (χ3v) is 7.72. The van der Waals surface area contributed by atoms with E-state index in [-0.39, 0.29) is 17.4 Å². The van der Waals surface area contributed by atoms with Crippen LogP contribution < -0.4 is 10.0 Å². The number of anilines is 1. The first-order valence-electron chi connectivity index (χ1n) is 10.6. The molecule has 0 aliphatic heterocycles. The summed E-state index contributed by atoms with van der Waals surface area (Å²) in [5.41, 5.74) is 2.42. The van der Waals surface area contributed by atoms with Gasteiger partial charge in [0.1, 0.15) is 11.6 Å². The van der Waals surface area contributed by atoms with Crippen LogP contribution in [0.2, 0.25) is 0 Å². The zero-order valence-corrected chi connectivity index (χ0v) is 20.4. The van der Waals surface area contributed by atoms with Crippen molar-refractivity contribution in [1.82, 2.24) is 9.71 Å². The number of nitrogens with one attached hydrogen (secondary N) is 2. The van der Waals surface area contributed by atoms with Crippen LogP contribution >= 0.6 is 11.3 Å². The number of aromatic nitrogens is 1. The van der Waals surface area contributed by atoms with Gasteiger partial charge in [0.15, 0.2) is 0 Å². The number of amides is 1. The Labute approximate surface area is 207 Å². The zero-order valence-electron chi connectivity index (χ0n) is 18.8. The Morgan fingerprint density at radius 3 is 2.69 bits per heavy atom. The summed E-state index contributed by atoms with van der Waals surface area (Å²) < 4.78 is 35.3. The third kappa shape index (κ3) is 6.09. The number of ether oxygens (including phenoxy) is 1. The van der Waals surface area contributed by atoms with E-state index >= 15 is 0 Å². The molecule has 0 radical (unpaired) electrons. The van der Waals surface area contributed by atoms with Gasteiger partial charge >= 0.3 is 0 Å². The number of thiazole rings is 1. The number of carbonyl (C=O) groups excluding carboxylic acids is 1. The van der Waals surface area contributed by atoms with E-state index < -0.39 is 16.1 Å². The average molecular weight is 507 g/mol. The smallest absolute Gasteiger partial charge is 0.250 e. The Hall–Kier alpha value is -3.62. The van der Waals surface area contributed by atoms with E-state index in [0.717, 1.165) is 15.8 Å². The fraction of sp³-hybridized carbons (Fsp3) is 0.160. The van der Waals surface area contributed by atoms with E-state index in [1.54, 1.807) is 30.3 Å². The van der Waals surface area contributed by atoms with Gasteiger partial charge in [0.25, 0.3) is 0 Å². The minimum absolute atomic E-state index is 0.00426. The average Bonchev–Trinajstić information content (AvgIpc) is 3.28. The highest BCUT2D eigenvalue weighted by atomic mass is 32.2. The van der Waals surface area contributed by atoms with Gasteiger partial charge in [-0.3, -0.25) is 4.79 Å². The molecular weight excluding hydrogens is 484 g/mol. The summed E-state index contributed by atoms with van der Waals surface area (Å²) >= 11 is 1.41. The summed E-state index contributed by atoms with van der Waals surface area (Å²) in [4.78, 5) is 16.5. The number of sulfonamides is 1. The van der Waals surface area contributed by atoms with Crippen molar-refractivity contribution in [2.24, 2.45) is 0 Å². The number of nitrogens with zero attached hydrogens (tertiary/aromatic N) is 2.